The van der Waals surface area contributed by atoms with Gasteiger partial charge < -0.3 is 19.5 Å². The Morgan fingerprint density at radius 1 is 0.962 bits per heavy atom. The molecule has 2 aromatic heterocycles. The molecule has 4 heterocycles. The Morgan fingerprint density at radius 2 is 1.62 bits per heavy atom. The number of hydrogen-bond donors (Lipinski definition) is 1. The molecule has 2 atom stereocenters. The fourth-order valence-corrected chi connectivity index (χ4v) is 6.10. The molecule has 2 saturated heterocycles. The number of aromatic carboxylic acids is 1. The van der Waals surface area contributed by atoms with Crippen LogP contribution in [-0.4, -0.2) is 69.2 Å². The van der Waals surface area contributed by atoms with E-state index in [4.69, 9.17) is 9.47 Å². The van der Waals surface area contributed by atoms with Gasteiger partial charge in [0.05, 0.1) is 55.2 Å². The lowest BCUT2D eigenvalue weighted by molar-refractivity contribution is -0.143. The Hall–Kier alpha value is -5.55. The number of amides is 1. The van der Waals surface area contributed by atoms with E-state index in [1.807, 2.05) is 0 Å². The highest BCUT2D eigenvalue weighted by Crippen LogP contribution is 2.42. The van der Waals surface area contributed by atoms with Gasteiger partial charge in [0, 0.05) is 29.1 Å². The van der Waals surface area contributed by atoms with Gasteiger partial charge in [-0.15, -0.1) is 0 Å². The van der Waals surface area contributed by atoms with Crippen molar-refractivity contribution < 1.29 is 59.3 Å². The quantitative estimate of drug-likeness (QED) is 0.181. The van der Waals surface area contributed by atoms with Crippen LogP contribution in [0.4, 0.5) is 45.9 Å². The number of halogens is 8. The van der Waals surface area contributed by atoms with Gasteiger partial charge in [-0.25, -0.2) is 33.3 Å². The number of aryl methyl sites for hydroxylation is 1. The molecular weight excluding hydrogens is 710 g/mol. The number of ether oxygens (including phenoxy) is 2. The maximum atomic E-state index is 13.8. The van der Waals surface area contributed by atoms with Gasteiger partial charge in [-0.1, -0.05) is 6.07 Å². The van der Waals surface area contributed by atoms with Crippen LogP contribution in [0.5, 0.6) is 5.88 Å². The average molecular weight is 738 g/mol. The first kappa shape index (κ1) is 36.2. The molecule has 10 nitrogen and oxygen atoms in total. The minimum absolute atomic E-state index is 0.0335. The molecule has 1 N–H and O–H groups in total. The Morgan fingerprint density at radius 3 is 2.17 bits per heavy atom. The van der Waals surface area contributed by atoms with E-state index in [9.17, 15) is 49.8 Å². The summed E-state index contributed by atoms with van der Waals surface area (Å²) in [7, 11) is 1.32. The van der Waals surface area contributed by atoms with Crippen LogP contribution in [0.25, 0.3) is 22.3 Å². The number of alkyl halides is 8. The Labute approximate surface area is 289 Å². The van der Waals surface area contributed by atoms with Gasteiger partial charge in [-0.3, -0.25) is 4.90 Å². The number of aromatic nitrogens is 3. The predicted octanol–water partition coefficient (Wildman–Crippen LogP) is 7.80. The van der Waals surface area contributed by atoms with Crippen molar-refractivity contribution in [1.29, 1.82) is 0 Å². The molecule has 2 aliphatic rings. The summed E-state index contributed by atoms with van der Waals surface area (Å²) in [5, 5.41) is 9.38. The summed E-state index contributed by atoms with van der Waals surface area (Å²) < 4.78 is 120. The van der Waals surface area contributed by atoms with Crippen LogP contribution in [-0.2, 0) is 23.6 Å². The third kappa shape index (κ3) is 7.01. The monoisotopic (exact) mass is 737 g/mol. The number of benzene rings is 2. The number of hydrogen-bond acceptors (Lipinski definition) is 8. The summed E-state index contributed by atoms with van der Waals surface area (Å²) in [4.78, 5) is 40.1. The Kier molecular flexibility index (Phi) is 8.99. The Bertz CT molecular complexity index is 2030. The molecule has 274 valence electrons. The second kappa shape index (κ2) is 12.9. The second-order valence-corrected chi connectivity index (χ2v) is 12.4. The fourth-order valence-electron chi connectivity index (χ4n) is 6.10. The van der Waals surface area contributed by atoms with Gasteiger partial charge in [0.15, 0.2) is 0 Å². The number of anilines is 1. The highest BCUT2D eigenvalue weighted by molar-refractivity contribution is 5.89. The van der Waals surface area contributed by atoms with Gasteiger partial charge in [0.2, 0.25) is 11.8 Å². The van der Waals surface area contributed by atoms with Crippen molar-refractivity contribution in [1.82, 2.24) is 19.9 Å². The van der Waals surface area contributed by atoms with E-state index < -0.39 is 78.8 Å². The topological polar surface area (TPSA) is 118 Å². The van der Waals surface area contributed by atoms with Crippen LogP contribution in [0.15, 0.2) is 54.9 Å². The molecule has 6 rings (SSSR count). The molecule has 0 unspecified atom stereocenters. The molecule has 2 aromatic carbocycles. The molecule has 0 bridgehead atoms. The van der Waals surface area contributed by atoms with Crippen LogP contribution >= 0.6 is 0 Å². The molecular formula is C34H27F8N5O5. The Balaban J connectivity index is 1.42. The number of nitrogens with zero attached hydrogens (tertiary/aromatic N) is 5. The summed E-state index contributed by atoms with van der Waals surface area (Å²) >= 11 is 0. The number of carboxylic acids is 1. The summed E-state index contributed by atoms with van der Waals surface area (Å²) in [5.41, 5.74) is -1.46. The standard InChI is InChI=1S/C34H27F8N5O5/c1-16-6-18(29(48)49)4-5-23(16)20-9-24(28(51-3)43-11-20)25-12-44-30(46-14-32(35,36)15-46)45-26(25)13-47-17(2)27(52-31(47)50)19-7-21(33(37,38)39)10-22(8-19)34(40,41)42/h4-12,17,27H,13-15H2,1-3H3,(H,48,49)/t17-,27-/m0/s1. The zero-order valence-corrected chi connectivity index (χ0v) is 27.3. The van der Waals surface area contributed by atoms with Crippen molar-refractivity contribution in [2.45, 2.75) is 50.8 Å². The molecule has 0 radical (unpaired) electrons. The van der Waals surface area contributed by atoms with Crippen LogP contribution in [0.3, 0.4) is 0 Å². The van der Waals surface area contributed by atoms with Crippen molar-refractivity contribution in [3.63, 3.8) is 0 Å². The first-order chi connectivity index (χ1) is 24.3. The number of cyclic esters (lactones) is 1. The van der Waals surface area contributed by atoms with E-state index in [-0.39, 0.29) is 40.3 Å². The minimum atomic E-state index is -5.14. The van der Waals surface area contributed by atoms with Gasteiger partial charge in [0.1, 0.15) is 6.10 Å². The van der Waals surface area contributed by atoms with E-state index in [0.29, 0.717) is 28.8 Å². The zero-order valence-electron chi connectivity index (χ0n) is 27.3. The van der Waals surface area contributed by atoms with Crippen molar-refractivity contribution in [2.24, 2.45) is 0 Å². The molecule has 0 saturated carbocycles. The number of carbonyl (C=O) groups is 2. The highest BCUT2D eigenvalue weighted by Gasteiger charge is 2.46. The summed E-state index contributed by atoms with van der Waals surface area (Å²) in [5.74, 6) is -4.21. The number of pyridine rings is 1. The lowest BCUT2D eigenvalue weighted by atomic mass is 9.96. The average Bonchev–Trinajstić information content (AvgIpc) is 3.34. The van der Waals surface area contributed by atoms with Gasteiger partial charge in [-0.2, -0.15) is 26.3 Å². The zero-order chi connectivity index (χ0) is 37.9. The molecule has 2 fully saturated rings. The number of carbonyl (C=O) groups excluding carboxylic acids is 1. The van der Waals surface area contributed by atoms with Gasteiger partial charge >= 0.3 is 24.4 Å². The van der Waals surface area contributed by atoms with Crippen molar-refractivity contribution in [3.05, 3.63) is 88.4 Å². The summed E-state index contributed by atoms with van der Waals surface area (Å²) in [6, 6.07) is 5.87. The first-order valence-electron chi connectivity index (χ1n) is 15.4. The third-order valence-corrected chi connectivity index (χ3v) is 8.75. The largest absolute Gasteiger partial charge is 0.481 e. The van der Waals surface area contributed by atoms with E-state index >= 15 is 0 Å². The summed E-state index contributed by atoms with van der Waals surface area (Å²) in [6.07, 6.45) is -10.2. The van der Waals surface area contributed by atoms with Crippen molar-refractivity contribution in [2.75, 3.05) is 25.1 Å². The lowest BCUT2D eigenvalue weighted by Crippen LogP contribution is -2.57. The molecule has 0 spiro atoms. The minimum Gasteiger partial charge on any atom is -0.481 e. The molecule has 0 aliphatic carbocycles. The van der Waals surface area contributed by atoms with Crippen LogP contribution in [0, 0.1) is 6.92 Å². The molecule has 18 heteroatoms. The van der Waals surface area contributed by atoms with Crippen LogP contribution in [0.2, 0.25) is 0 Å². The van der Waals surface area contributed by atoms with E-state index in [1.54, 1.807) is 19.1 Å². The van der Waals surface area contributed by atoms with E-state index in [0.717, 1.165) is 4.90 Å². The fraction of sp³-hybridized carbons (Fsp3) is 0.324. The normalized spacial score (nSPS) is 18.6. The lowest BCUT2D eigenvalue weighted by Gasteiger charge is -2.38. The van der Waals surface area contributed by atoms with Crippen LogP contribution in [0.1, 0.15) is 51.3 Å². The van der Waals surface area contributed by atoms with E-state index in [2.05, 4.69) is 15.0 Å². The number of rotatable bonds is 8. The van der Waals surface area contributed by atoms with Gasteiger partial charge in [-0.05, 0) is 66.9 Å². The van der Waals surface area contributed by atoms with Gasteiger partial charge in [0.25, 0.3) is 5.92 Å². The number of carboxylic acid groups (broad SMARTS) is 1. The van der Waals surface area contributed by atoms with Crippen LogP contribution < -0.4 is 9.64 Å². The van der Waals surface area contributed by atoms with E-state index in [1.165, 1.54) is 43.5 Å². The van der Waals surface area contributed by atoms with Crippen molar-refractivity contribution in [3.8, 4) is 28.1 Å². The molecule has 4 aromatic rings. The smallest absolute Gasteiger partial charge is 0.416 e. The molecule has 1 amide bonds. The predicted molar refractivity (Wildman–Crippen MR) is 167 cm³/mol. The SMILES string of the molecule is COc1ncc(-c2ccc(C(=O)O)cc2C)cc1-c1cnc(N2CC(F)(F)C2)nc1CN1C(=O)O[C@H](c2cc(C(F)(F)F)cc(C(F)(F)F)c2)[C@@H]1C. The second-order valence-electron chi connectivity index (χ2n) is 12.4. The maximum Gasteiger partial charge on any atom is 0.416 e. The number of methoxy groups -OCH3 is 1. The maximum absolute atomic E-state index is 13.8. The summed E-state index contributed by atoms with van der Waals surface area (Å²) in [6.45, 7) is 1.22. The molecule has 2 aliphatic heterocycles. The third-order valence-electron chi connectivity index (χ3n) is 8.75. The molecule has 52 heavy (non-hydrogen) atoms. The highest BCUT2D eigenvalue weighted by atomic mass is 19.4. The van der Waals surface area contributed by atoms with Crippen molar-refractivity contribution >= 4 is 18.0 Å². The first-order valence-corrected chi connectivity index (χ1v) is 15.4.